The minimum Gasteiger partial charge on any atom is -0.466 e. The molecule has 0 aromatic heterocycles. The predicted molar refractivity (Wildman–Crippen MR) is 86.2 cm³/mol. The zero-order valence-corrected chi connectivity index (χ0v) is 13.8. The lowest BCUT2D eigenvalue weighted by Crippen LogP contribution is -2.40. The topological polar surface area (TPSA) is 100 Å². The van der Waals surface area contributed by atoms with Gasteiger partial charge in [0.1, 0.15) is 5.41 Å². The van der Waals surface area contributed by atoms with Gasteiger partial charge in [-0.2, -0.15) is 10.5 Å². The number of methoxy groups -OCH3 is 1. The van der Waals surface area contributed by atoms with Crippen LogP contribution in [0.25, 0.3) is 6.08 Å². The second-order valence-electron chi connectivity index (χ2n) is 5.09. The van der Waals surface area contributed by atoms with Gasteiger partial charge in [0, 0.05) is 6.08 Å². The van der Waals surface area contributed by atoms with Crippen LogP contribution < -0.4 is 0 Å². The molecule has 1 rings (SSSR count). The number of hydrogen-bond acceptors (Lipinski definition) is 6. The van der Waals surface area contributed by atoms with Crippen molar-refractivity contribution in [2.75, 3.05) is 13.7 Å². The molecular weight excluding hydrogens is 308 g/mol. The second-order valence-corrected chi connectivity index (χ2v) is 5.09. The number of rotatable bonds is 6. The molecule has 0 aliphatic heterocycles. The van der Waals surface area contributed by atoms with Crippen LogP contribution in [-0.4, -0.2) is 25.7 Å². The van der Waals surface area contributed by atoms with Crippen LogP contribution >= 0.6 is 0 Å². The van der Waals surface area contributed by atoms with Crippen LogP contribution in [0, 0.1) is 28.6 Å². The fraction of sp³-hybridized carbons (Fsp3) is 0.333. The maximum absolute atomic E-state index is 12.4. The maximum Gasteiger partial charge on any atom is 0.330 e. The molecule has 0 aliphatic rings. The van der Waals surface area contributed by atoms with Gasteiger partial charge >= 0.3 is 11.9 Å². The Balaban J connectivity index is 3.24. The van der Waals surface area contributed by atoms with Crippen molar-refractivity contribution in [3.63, 3.8) is 0 Å². The third-order valence-electron chi connectivity index (χ3n) is 3.66. The number of carbonyl (C=O) groups excluding carboxylic acids is 2. The molecule has 0 heterocycles. The Morgan fingerprint density at radius 1 is 1.25 bits per heavy atom. The zero-order chi connectivity index (χ0) is 18.2. The van der Waals surface area contributed by atoms with Gasteiger partial charge in [0.15, 0.2) is 5.92 Å². The lowest BCUT2D eigenvalue weighted by Gasteiger charge is -2.28. The summed E-state index contributed by atoms with van der Waals surface area (Å²) in [6.45, 7) is 3.33. The molecule has 0 saturated heterocycles. The zero-order valence-electron chi connectivity index (χ0n) is 13.8. The van der Waals surface area contributed by atoms with Crippen LogP contribution in [0.5, 0.6) is 0 Å². The highest BCUT2D eigenvalue weighted by Gasteiger charge is 2.45. The van der Waals surface area contributed by atoms with Gasteiger partial charge < -0.3 is 9.47 Å². The smallest absolute Gasteiger partial charge is 0.330 e. The fourth-order valence-corrected chi connectivity index (χ4v) is 2.14. The van der Waals surface area contributed by atoms with E-state index in [1.54, 1.807) is 37.3 Å². The van der Waals surface area contributed by atoms with Crippen LogP contribution in [0.2, 0.25) is 0 Å². The summed E-state index contributed by atoms with van der Waals surface area (Å²) in [5.41, 5.74) is -0.200. The highest BCUT2D eigenvalue weighted by atomic mass is 16.5. The molecule has 0 fully saturated rings. The molecule has 0 aliphatic carbocycles. The van der Waals surface area contributed by atoms with Gasteiger partial charge in [0.2, 0.25) is 0 Å². The Labute approximate surface area is 140 Å². The van der Waals surface area contributed by atoms with Crippen LogP contribution in [0.15, 0.2) is 30.3 Å². The van der Waals surface area contributed by atoms with E-state index in [9.17, 15) is 20.1 Å². The summed E-state index contributed by atoms with van der Waals surface area (Å²) < 4.78 is 9.56. The number of ether oxygens (including phenoxy) is 2. The molecule has 6 heteroatoms. The first-order valence-electron chi connectivity index (χ1n) is 7.27. The summed E-state index contributed by atoms with van der Waals surface area (Å²) in [7, 11) is 1.28. The van der Waals surface area contributed by atoms with Gasteiger partial charge in [-0.1, -0.05) is 24.3 Å². The minimum absolute atomic E-state index is 0.151. The Morgan fingerprint density at radius 3 is 2.29 bits per heavy atom. The molecule has 6 nitrogen and oxygen atoms in total. The van der Waals surface area contributed by atoms with Crippen LogP contribution in [0.4, 0.5) is 0 Å². The van der Waals surface area contributed by atoms with E-state index >= 15 is 0 Å². The van der Waals surface area contributed by atoms with Crippen molar-refractivity contribution in [3.8, 4) is 12.1 Å². The van der Waals surface area contributed by atoms with Crippen molar-refractivity contribution >= 4 is 18.0 Å². The molecule has 24 heavy (non-hydrogen) atoms. The highest BCUT2D eigenvalue weighted by molar-refractivity contribution is 5.87. The number of benzene rings is 1. The summed E-state index contributed by atoms with van der Waals surface area (Å²) in [6, 6.07) is 10.3. The minimum atomic E-state index is -1.40. The van der Waals surface area contributed by atoms with Gasteiger partial charge in [-0.3, -0.25) is 4.79 Å². The molecule has 1 aromatic rings. The van der Waals surface area contributed by atoms with Gasteiger partial charge in [0.05, 0.1) is 25.9 Å². The Hall–Kier alpha value is -3.12. The standard InChI is InChI=1S/C18H18N2O4/c1-4-24-17(22)18(2,15(11-19)12-20)14-8-5-13(6-9-14)7-10-16(21)23-3/h5-10,15H,4H2,1-3H3/b10-7+. The van der Waals surface area contributed by atoms with Crippen molar-refractivity contribution in [1.82, 2.24) is 0 Å². The van der Waals surface area contributed by atoms with E-state index in [1.165, 1.54) is 20.1 Å². The molecule has 0 bridgehead atoms. The van der Waals surface area contributed by atoms with Crippen LogP contribution in [0.3, 0.4) is 0 Å². The summed E-state index contributed by atoms with van der Waals surface area (Å²) >= 11 is 0. The summed E-state index contributed by atoms with van der Waals surface area (Å²) in [6.07, 6.45) is 2.83. The van der Waals surface area contributed by atoms with E-state index in [0.29, 0.717) is 11.1 Å². The molecule has 1 unspecified atom stereocenters. The van der Waals surface area contributed by atoms with Gasteiger partial charge in [-0.15, -0.1) is 0 Å². The lowest BCUT2D eigenvalue weighted by molar-refractivity contribution is -0.150. The molecule has 0 radical (unpaired) electrons. The monoisotopic (exact) mass is 326 g/mol. The highest BCUT2D eigenvalue weighted by Crippen LogP contribution is 2.33. The normalized spacial score (nSPS) is 12.9. The van der Waals surface area contributed by atoms with Crippen molar-refractivity contribution in [3.05, 3.63) is 41.5 Å². The molecule has 1 aromatic carbocycles. The molecule has 0 N–H and O–H groups in total. The number of esters is 2. The van der Waals surface area contributed by atoms with E-state index in [-0.39, 0.29) is 6.61 Å². The van der Waals surface area contributed by atoms with E-state index < -0.39 is 23.3 Å². The average molecular weight is 326 g/mol. The average Bonchev–Trinajstić information content (AvgIpc) is 2.60. The molecule has 0 saturated carbocycles. The Kier molecular flexibility index (Phi) is 6.70. The molecule has 0 amide bonds. The number of nitrogens with zero attached hydrogens (tertiary/aromatic N) is 2. The predicted octanol–water partition coefficient (Wildman–Crippen LogP) is 2.36. The summed E-state index contributed by atoms with van der Waals surface area (Å²) in [4.78, 5) is 23.5. The van der Waals surface area contributed by atoms with Crippen molar-refractivity contribution in [1.29, 1.82) is 10.5 Å². The van der Waals surface area contributed by atoms with E-state index in [2.05, 4.69) is 4.74 Å². The number of carbonyl (C=O) groups is 2. The van der Waals surface area contributed by atoms with E-state index in [1.807, 2.05) is 12.1 Å². The largest absolute Gasteiger partial charge is 0.466 e. The molecule has 0 spiro atoms. The third kappa shape index (κ3) is 3.99. The van der Waals surface area contributed by atoms with Gasteiger partial charge in [0.25, 0.3) is 0 Å². The lowest BCUT2D eigenvalue weighted by atomic mass is 9.72. The molecule has 124 valence electrons. The van der Waals surface area contributed by atoms with Crippen LogP contribution in [0.1, 0.15) is 25.0 Å². The first-order chi connectivity index (χ1) is 11.4. The van der Waals surface area contributed by atoms with E-state index in [4.69, 9.17) is 4.74 Å². The van der Waals surface area contributed by atoms with Gasteiger partial charge in [-0.25, -0.2) is 4.79 Å². The third-order valence-corrected chi connectivity index (χ3v) is 3.66. The number of nitriles is 2. The molecule has 1 atom stereocenters. The number of hydrogen-bond donors (Lipinski definition) is 0. The maximum atomic E-state index is 12.4. The van der Waals surface area contributed by atoms with Crippen LogP contribution in [-0.2, 0) is 24.5 Å². The van der Waals surface area contributed by atoms with E-state index in [0.717, 1.165) is 0 Å². The molecular formula is C18H18N2O4. The summed E-state index contributed by atoms with van der Waals surface area (Å²) in [5.74, 6) is -2.30. The van der Waals surface area contributed by atoms with Crippen molar-refractivity contribution in [2.24, 2.45) is 5.92 Å². The van der Waals surface area contributed by atoms with Crippen molar-refractivity contribution < 1.29 is 19.1 Å². The second kappa shape index (κ2) is 8.50. The first-order valence-corrected chi connectivity index (χ1v) is 7.27. The summed E-state index contributed by atoms with van der Waals surface area (Å²) in [5, 5.41) is 18.4. The Bertz CT molecular complexity index is 696. The van der Waals surface area contributed by atoms with Gasteiger partial charge in [-0.05, 0) is 31.1 Å². The fourth-order valence-electron chi connectivity index (χ4n) is 2.14. The Morgan fingerprint density at radius 2 is 1.83 bits per heavy atom. The SMILES string of the molecule is CCOC(=O)C(C)(c1ccc(/C=C/C(=O)OC)cc1)C(C#N)C#N. The quantitative estimate of drug-likeness (QED) is 0.587. The first kappa shape index (κ1) is 18.9. The van der Waals surface area contributed by atoms with Crippen molar-refractivity contribution in [2.45, 2.75) is 19.3 Å².